The molecule has 3 nitrogen and oxygen atoms in total. The Kier molecular flexibility index (Phi) is 6.64. The molecule has 1 saturated heterocycles. The Balaban J connectivity index is 3.46. The van der Waals surface area contributed by atoms with Crippen LogP contribution >= 0.6 is 0 Å². The van der Waals surface area contributed by atoms with Crippen LogP contribution in [0.25, 0.3) is 0 Å². The first kappa shape index (κ1) is 22.7. The molecule has 143 valence electrons. The van der Waals surface area contributed by atoms with E-state index in [2.05, 4.69) is 99.4 Å². The zero-order valence-electron chi connectivity index (χ0n) is 18.8. The van der Waals surface area contributed by atoms with E-state index >= 15 is 0 Å². The molecule has 0 aromatic carbocycles. The molecule has 1 radical (unpaired) electrons. The van der Waals surface area contributed by atoms with Gasteiger partial charge in [-0.05, 0) is 0 Å². The summed E-state index contributed by atoms with van der Waals surface area (Å²) in [5.41, 5.74) is 0.946. The van der Waals surface area contributed by atoms with E-state index in [1.165, 1.54) is 12.8 Å². The van der Waals surface area contributed by atoms with Crippen molar-refractivity contribution in [2.45, 2.75) is 131 Å². The molecule has 1 heterocycles. The molecule has 24 heavy (non-hydrogen) atoms. The van der Waals surface area contributed by atoms with Crippen molar-refractivity contribution >= 4 is 20.6 Å². The summed E-state index contributed by atoms with van der Waals surface area (Å²) in [4.78, 5) is 0. The third kappa shape index (κ3) is 4.15. The van der Waals surface area contributed by atoms with Crippen LogP contribution in [0, 0.1) is 0 Å². The fourth-order valence-electron chi connectivity index (χ4n) is 4.23. The van der Waals surface area contributed by atoms with Gasteiger partial charge in [0.1, 0.15) is 0 Å². The van der Waals surface area contributed by atoms with E-state index in [-0.39, 0.29) is 22.2 Å². The third-order valence-corrected chi connectivity index (χ3v) is 18.8. The summed E-state index contributed by atoms with van der Waals surface area (Å²) in [5, 5.41) is 0. The summed E-state index contributed by atoms with van der Waals surface area (Å²) < 4.78 is 8.78. The van der Waals surface area contributed by atoms with Gasteiger partial charge in [0.05, 0.1) is 0 Å². The Morgan fingerprint density at radius 2 is 1.00 bits per heavy atom. The van der Waals surface area contributed by atoms with Gasteiger partial charge in [0.2, 0.25) is 0 Å². The number of hydrogen-bond donors (Lipinski definition) is 0. The number of rotatable bonds is 5. The van der Waals surface area contributed by atoms with Gasteiger partial charge >= 0.3 is 161 Å². The standard InChI is InChI=1S/C12H26N2.C8H18N.Sn/c1-8-11(4,5)13-10(3)14-12(6,7)9-2;1-7(2,3)9-8(4,5)6;/h10H,8-9H2,1-7H3;1-6H3;/q-2;-1;+3. The van der Waals surface area contributed by atoms with Crippen molar-refractivity contribution in [2.24, 2.45) is 0 Å². The molecular weight excluding hydrogens is 401 g/mol. The molecule has 0 saturated carbocycles. The monoisotopic (exact) mass is 446 g/mol. The predicted molar refractivity (Wildman–Crippen MR) is 109 cm³/mol. The first-order valence-electron chi connectivity index (χ1n) is 9.78. The van der Waals surface area contributed by atoms with Gasteiger partial charge in [0.25, 0.3) is 0 Å². The Labute approximate surface area is 160 Å². The van der Waals surface area contributed by atoms with E-state index in [4.69, 9.17) is 0 Å². The fourth-order valence-corrected chi connectivity index (χ4v) is 15.6. The maximum absolute atomic E-state index is 2.93. The first-order chi connectivity index (χ1) is 10.5. The molecular formula is C20H44N3Sn. The van der Waals surface area contributed by atoms with Crippen molar-refractivity contribution in [3.05, 3.63) is 0 Å². The van der Waals surface area contributed by atoms with Crippen molar-refractivity contribution in [1.29, 1.82) is 0 Å². The van der Waals surface area contributed by atoms with E-state index < -0.39 is 20.6 Å². The number of hydrogen-bond acceptors (Lipinski definition) is 3. The van der Waals surface area contributed by atoms with Crippen LogP contribution in [0.5, 0.6) is 0 Å². The quantitative estimate of drug-likeness (QED) is 0.538. The SMILES string of the molecule is CCC(C)(C)[N]1C(C)[N](C(C)(C)CC)[Sn]1[N](C(C)(C)C)C(C)(C)C. The van der Waals surface area contributed by atoms with Gasteiger partial charge in [-0.2, -0.15) is 0 Å². The topological polar surface area (TPSA) is 9.72 Å². The second-order valence-corrected chi connectivity index (χ2v) is 16.4. The van der Waals surface area contributed by atoms with Gasteiger partial charge in [-0.3, -0.25) is 0 Å². The molecule has 0 aromatic heterocycles. The van der Waals surface area contributed by atoms with Gasteiger partial charge < -0.3 is 0 Å². The molecule has 0 atom stereocenters. The zero-order valence-corrected chi connectivity index (χ0v) is 21.7. The van der Waals surface area contributed by atoms with Crippen LogP contribution in [0.3, 0.4) is 0 Å². The van der Waals surface area contributed by atoms with Crippen LogP contribution in [-0.2, 0) is 0 Å². The molecule has 0 amide bonds. The molecule has 1 aliphatic rings. The van der Waals surface area contributed by atoms with Crippen LogP contribution in [0.15, 0.2) is 0 Å². The van der Waals surface area contributed by atoms with E-state index in [0.717, 1.165) is 0 Å². The molecule has 1 rings (SSSR count). The molecule has 0 aliphatic carbocycles. The van der Waals surface area contributed by atoms with Crippen LogP contribution < -0.4 is 0 Å². The molecule has 1 fully saturated rings. The molecule has 1 aliphatic heterocycles. The van der Waals surface area contributed by atoms with Crippen LogP contribution in [0.1, 0.15) is 103 Å². The first-order valence-corrected chi connectivity index (χ1v) is 13.6. The Morgan fingerprint density at radius 3 is 1.21 bits per heavy atom. The molecule has 4 heteroatoms. The van der Waals surface area contributed by atoms with E-state index in [1.807, 2.05) is 0 Å². The van der Waals surface area contributed by atoms with Gasteiger partial charge in [-0.1, -0.05) is 0 Å². The van der Waals surface area contributed by atoms with Gasteiger partial charge in [0.15, 0.2) is 0 Å². The van der Waals surface area contributed by atoms with Crippen molar-refractivity contribution < 1.29 is 0 Å². The molecule has 0 aromatic rings. The summed E-state index contributed by atoms with van der Waals surface area (Å²) in [6, 6.07) is 0. The fraction of sp³-hybridized carbons (Fsp3) is 1.00. The second-order valence-electron chi connectivity index (χ2n) is 10.7. The summed E-state index contributed by atoms with van der Waals surface area (Å²) in [5.74, 6) is 0. The Hall–Kier alpha value is 0.679. The van der Waals surface area contributed by atoms with Gasteiger partial charge in [0, 0.05) is 0 Å². The van der Waals surface area contributed by atoms with E-state index in [0.29, 0.717) is 6.17 Å². The van der Waals surface area contributed by atoms with Crippen molar-refractivity contribution in [3.8, 4) is 0 Å². The molecule has 0 bridgehead atoms. The summed E-state index contributed by atoms with van der Waals surface area (Å²) in [6.45, 7) is 31.4. The second kappa shape index (κ2) is 7.01. The average molecular weight is 445 g/mol. The Morgan fingerprint density at radius 1 is 0.708 bits per heavy atom. The summed E-state index contributed by atoms with van der Waals surface area (Å²) >= 11 is -2.18. The average Bonchev–Trinajstić information content (AvgIpc) is 2.34. The minimum absolute atomic E-state index is 0.192. The van der Waals surface area contributed by atoms with Crippen LogP contribution in [0.4, 0.5) is 0 Å². The molecule has 0 N–H and O–H groups in total. The van der Waals surface area contributed by atoms with Crippen molar-refractivity contribution in [2.75, 3.05) is 0 Å². The minimum atomic E-state index is -2.18. The zero-order chi connectivity index (χ0) is 19.3. The van der Waals surface area contributed by atoms with Crippen LogP contribution in [0.2, 0.25) is 0 Å². The third-order valence-electron chi connectivity index (χ3n) is 5.75. The molecule has 0 unspecified atom stereocenters. The van der Waals surface area contributed by atoms with Crippen LogP contribution in [-0.4, -0.2) is 58.3 Å². The summed E-state index contributed by atoms with van der Waals surface area (Å²) in [6.07, 6.45) is 2.98. The predicted octanol–water partition coefficient (Wildman–Crippen LogP) is 5.21. The van der Waals surface area contributed by atoms with Gasteiger partial charge in [-0.25, -0.2) is 0 Å². The molecule has 0 spiro atoms. The Bertz CT molecular complexity index is 393. The maximum atomic E-state index is 2.93. The van der Waals surface area contributed by atoms with E-state index in [9.17, 15) is 0 Å². The summed E-state index contributed by atoms with van der Waals surface area (Å²) in [7, 11) is 0. The number of nitrogens with zero attached hydrogens (tertiary/aromatic N) is 3. The normalized spacial score (nSPS) is 20.8. The van der Waals surface area contributed by atoms with Gasteiger partial charge in [-0.15, -0.1) is 0 Å². The van der Waals surface area contributed by atoms with E-state index in [1.54, 1.807) is 0 Å². The van der Waals surface area contributed by atoms with Crippen molar-refractivity contribution in [3.63, 3.8) is 0 Å². The van der Waals surface area contributed by atoms with Crippen molar-refractivity contribution in [1.82, 2.24) is 9.36 Å².